The molecule has 0 fully saturated rings. The van der Waals surface area contributed by atoms with Crippen molar-refractivity contribution in [2.24, 2.45) is 0 Å². The second-order valence-corrected chi connectivity index (χ2v) is 13.2. The Kier molecular flexibility index (Phi) is 5.11. The van der Waals surface area contributed by atoms with Crippen molar-refractivity contribution >= 4 is 43.1 Å². The third-order valence-electron chi connectivity index (χ3n) is 10.2. The minimum atomic E-state index is 1.32. The van der Waals surface area contributed by atoms with Crippen LogP contribution in [0.2, 0.25) is 0 Å². The van der Waals surface area contributed by atoms with Gasteiger partial charge in [-0.25, -0.2) is 0 Å². The molecule has 0 nitrogen and oxygen atoms in total. The summed E-state index contributed by atoms with van der Waals surface area (Å²) in [5.41, 5.74) is 19.1. The Morgan fingerprint density at radius 1 is 0.318 bits per heavy atom. The molecule has 0 saturated carbocycles. The van der Waals surface area contributed by atoms with E-state index in [1.165, 1.54) is 121 Å². The molecule has 5 aromatic rings. The van der Waals surface area contributed by atoms with Gasteiger partial charge in [0.15, 0.2) is 0 Å². The van der Waals surface area contributed by atoms with Gasteiger partial charge >= 0.3 is 0 Å². The van der Waals surface area contributed by atoms with Gasteiger partial charge in [-0.3, -0.25) is 0 Å². The van der Waals surface area contributed by atoms with Gasteiger partial charge in [0.05, 0.1) is 0 Å². The van der Waals surface area contributed by atoms with Crippen LogP contribution in [0.25, 0.3) is 87.6 Å². The molecule has 0 spiro atoms. The first-order valence-electron chi connectivity index (χ1n) is 15.8. The second-order valence-electron chi connectivity index (χ2n) is 13.2. The molecule has 5 aromatic carbocycles. The highest BCUT2D eigenvalue weighted by Gasteiger charge is 2.32. The monoisotopic (exact) mass is 562 g/mol. The molecule has 4 aliphatic carbocycles. The first kappa shape index (κ1) is 25.5. The molecule has 0 aliphatic heterocycles. The third-order valence-corrected chi connectivity index (χ3v) is 10.2. The quantitative estimate of drug-likeness (QED) is 0.197. The molecule has 0 unspecified atom stereocenters. The maximum absolute atomic E-state index is 2.43. The van der Waals surface area contributed by atoms with Crippen LogP contribution in [0.3, 0.4) is 0 Å². The minimum Gasteiger partial charge on any atom is -0.0616 e. The molecule has 0 atom stereocenters. The number of hydrogen-bond acceptors (Lipinski definition) is 0. The average Bonchev–Trinajstić information content (AvgIpc) is 3.70. The van der Waals surface area contributed by atoms with Crippen LogP contribution in [0.4, 0.5) is 0 Å². The van der Waals surface area contributed by atoms with E-state index in [0.717, 1.165) is 0 Å². The lowest BCUT2D eigenvalue weighted by Crippen LogP contribution is -1.92. The van der Waals surface area contributed by atoms with Crippen molar-refractivity contribution in [2.45, 2.75) is 41.5 Å². The molecule has 0 bridgehead atoms. The zero-order valence-electron chi connectivity index (χ0n) is 26.2. The van der Waals surface area contributed by atoms with Crippen molar-refractivity contribution < 1.29 is 0 Å². The van der Waals surface area contributed by atoms with Crippen molar-refractivity contribution in [3.05, 3.63) is 130 Å². The summed E-state index contributed by atoms with van der Waals surface area (Å²) in [6.07, 6.45) is 0. The molecule has 0 heterocycles. The number of fused-ring (bicyclic) bond motifs is 11. The molecule has 0 aromatic heterocycles. The summed E-state index contributed by atoms with van der Waals surface area (Å²) in [7, 11) is 0. The summed E-state index contributed by atoms with van der Waals surface area (Å²) in [6, 6.07) is 37.0. The number of rotatable bonds is 2. The Balaban J connectivity index is 1.61. The third kappa shape index (κ3) is 3.23. The fraction of sp³-hybridized carbons (Fsp3) is 0.136. The van der Waals surface area contributed by atoms with Crippen LogP contribution < -0.4 is 0 Å². The highest BCUT2D eigenvalue weighted by atomic mass is 14.3. The topological polar surface area (TPSA) is 0 Å². The molecule has 0 amide bonds. The molecule has 0 radical (unpaired) electrons. The Morgan fingerprint density at radius 2 is 0.682 bits per heavy atom. The van der Waals surface area contributed by atoms with Crippen LogP contribution >= 0.6 is 0 Å². The summed E-state index contributed by atoms with van der Waals surface area (Å²) in [6.45, 7) is 13.6. The average molecular weight is 563 g/mol. The maximum atomic E-state index is 2.43. The van der Waals surface area contributed by atoms with Gasteiger partial charge in [0.25, 0.3) is 0 Å². The van der Waals surface area contributed by atoms with E-state index in [2.05, 4.69) is 139 Å². The van der Waals surface area contributed by atoms with Gasteiger partial charge in [-0.1, -0.05) is 96.1 Å². The second kappa shape index (κ2) is 8.80. The van der Waals surface area contributed by atoms with Crippen molar-refractivity contribution in [3.8, 4) is 44.5 Å². The van der Waals surface area contributed by atoms with E-state index in [-0.39, 0.29) is 0 Å². The summed E-state index contributed by atoms with van der Waals surface area (Å²) in [4.78, 5) is 0. The first-order chi connectivity index (χ1) is 21.3. The standard InChI is InChI=1S/C44H34/c1-23-17-25(3)37(26(4)18-23)43-39-31-13-9-7-11-29(31)21-35(39)33-15-16-34-36-22-30-12-8-10-14-32(30)40(36)44(42(34)41(33)43)38-27(5)19-24(2)20-28(38)6/h7-22H,1-6H3. The van der Waals surface area contributed by atoms with Gasteiger partial charge in [-0.15, -0.1) is 0 Å². The predicted octanol–water partition coefficient (Wildman–Crippen LogP) is 12.6. The van der Waals surface area contributed by atoms with Crippen molar-refractivity contribution in [1.29, 1.82) is 0 Å². The van der Waals surface area contributed by atoms with E-state index in [9.17, 15) is 0 Å². The zero-order chi connectivity index (χ0) is 30.0. The first-order valence-corrected chi connectivity index (χ1v) is 15.8. The maximum Gasteiger partial charge on any atom is -0.000720 e. The van der Waals surface area contributed by atoms with Gasteiger partial charge < -0.3 is 0 Å². The highest BCUT2D eigenvalue weighted by Crippen LogP contribution is 2.59. The molecular weight excluding hydrogens is 528 g/mol. The summed E-state index contributed by atoms with van der Waals surface area (Å²) < 4.78 is 0. The van der Waals surface area contributed by atoms with Crippen LogP contribution in [0.5, 0.6) is 0 Å². The van der Waals surface area contributed by atoms with Crippen LogP contribution in [0, 0.1) is 41.5 Å². The van der Waals surface area contributed by atoms with Gasteiger partial charge in [0, 0.05) is 0 Å². The zero-order valence-corrected chi connectivity index (χ0v) is 26.2. The largest absolute Gasteiger partial charge is 0.0616 e. The van der Waals surface area contributed by atoms with Gasteiger partial charge in [-0.05, 0) is 164 Å². The molecule has 4 aliphatic rings. The number of hydrogen-bond donors (Lipinski definition) is 0. The highest BCUT2D eigenvalue weighted by molar-refractivity contribution is 6.37. The lowest BCUT2D eigenvalue weighted by atomic mass is 9.87. The van der Waals surface area contributed by atoms with E-state index in [1.807, 2.05) is 0 Å². The minimum absolute atomic E-state index is 1.32. The molecular formula is C44H34. The fourth-order valence-corrected chi connectivity index (χ4v) is 8.88. The predicted molar refractivity (Wildman–Crippen MR) is 191 cm³/mol. The smallest absolute Gasteiger partial charge is 0.000720 e. The van der Waals surface area contributed by atoms with Crippen molar-refractivity contribution in [3.63, 3.8) is 0 Å². The summed E-state index contributed by atoms with van der Waals surface area (Å²) in [5.74, 6) is 0. The Labute approximate surface area is 258 Å². The molecule has 210 valence electrons. The van der Waals surface area contributed by atoms with Gasteiger partial charge in [0.2, 0.25) is 0 Å². The van der Waals surface area contributed by atoms with E-state index in [1.54, 1.807) is 0 Å². The Bertz CT molecular complexity index is 2310. The Morgan fingerprint density at radius 3 is 1.07 bits per heavy atom. The van der Waals surface area contributed by atoms with Crippen LogP contribution in [0.15, 0.2) is 97.1 Å². The normalized spacial score (nSPS) is 12.3. The van der Waals surface area contributed by atoms with Gasteiger partial charge in [0.1, 0.15) is 0 Å². The van der Waals surface area contributed by atoms with Crippen molar-refractivity contribution in [1.82, 2.24) is 0 Å². The van der Waals surface area contributed by atoms with E-state index in [0.29, 0.717) is 0 Å². The SMILES string of the molecule is Cc1cc(C)c(-c2c3c4ccccc4cc-3c3ccc4c5cc6ccccc6c-5c(-c5c(C)cc(C)cc5C)c4c23)c(C)c1. The lowest BCUT2D eigenvalue weighted by molar-refractivity contribution is 1.32. The fourth-order valence-electron chi connectivity index (χ4n) is 8.88. The van der Waals surface area contributed by atoms with Crippen LogP contribution in [-0.2, 0) is 0 Å². The van der Waals surface area contributed by atoms with Crippen molar-refractivity contribution in [2.75, 3.05) is 0 Å². The molecule has 44 heavy (non-hydrogen) atoms. The van der Waals surface area contributed by atoms with Crippen LogP contribution in [-0.4, -0.2) is 0 Å². The Hall–Kier alpha value is -4.94. The van der Waals surface area contributed by atoms with Crippen LogP contribution in [0.1, 0.15) is 33.4 Å². The molecule has 0 heteroatoms. The van der Waals surface area contributed by atoms with E-state index in [4.69, 9.17) is 0 Å². The molecule has 0 N–H and O–H groups in total. The summed E-state index contributed by atoms with van der Waals surface area (Å²) in [5, 5.41) is 10.9. The summed E-state index contributed by atoms with van der Waals surface area (Å²) >= 11 is 0. The lowest BCUT2D eigenvalue weighted by Gasteiger charge is -2.16. The number of benzene rings is 5. The van der Waals surface area contributed by atoms with E-state index >= 15 is 0 Å². The molecule has 0 saturated heterocycles. The molecule has 9 rings (SSSR count). The van der Waals surface area contributed by atoms with E-state index < -0.39 is 0 Å². The van der Waals surface area contributed by atoms with Gasteiger partial charge in [-0.2, -0.15) is 0 Å². The number of aryl methyl sites for hydroxylation is 6.